The zero-order valence-corrected chi connectivity index (χ0v) is 23.0. The third-order valence-corrected chi connectivity index (χ3v) is 7.40. The van der Waals surface area contributed by atoms with E-state index < -0.39 is 52.7 Å². The van der Waals surface area contributed by atoms with Crippen molar-refractivity contribution in [3.05, 3.63) is 65.2 Å². The molecule has 1 spiro atoms. The van der Waals surface area contributed by atoms with Crippen LogP contribution in [0.15, 0.2) is 48.5 Å². The third-order valence-electron chi connectivity index (χ3n) is 7.40. The minimum absolute atomic E-state index is 0.113. The van der Waals surface area contributed by atoms with Gasteiger partial charge >= 0.3 is 23.9 Å². The first kappa shape index (κ1) is 28.8. The maximum Gasteiger partial charge on any atom is 0.339 e. The molecule has 2 aromatic rings. The Hall–Kier alpha value is -4.25. The molecule has 1 saturated heterocycles. The second-order valence-electron chi connectivity index (χ2n) is 9.58. The summed E-state index contributed by atoms with van der Waals surface area (Å²) >= 11 is 0. The average molecular weight is 553 g/mol. The maximum absolute atomic E-state index is 14.6. The highest BCUT2D eigenvalue weighted by Gasteiger charge is 2.79. The van der Waals surface area contributed by atoms with Crippen LogP contribution in [0.5, 0.6) is 0 Å². The number of hydrogen-bond acceptors (Lipinski definition) is 10. The van der Waals surface area contributed by atoms with Gasteiger partial charge < -0.3 is 23.8 Å². The highest BCUT2D eigenvalue weighted by Crippen LogP contribution is 2.56. The molecule has 1 fully saturated rings. The molecule has 212 valence electrons. The first-order valence-electron chi connectivity index (χ1n) is 12.9. The molecule has 0 radical (unpaired) electrons. The van der Waals surface area contributed by atoms with Crippen molar-refractivity contribution in [3.63, 3.8) is 0 Å². The van der Waals surface area contributed by atoms with Crippen LogP contribution in [0.25, 0.3) is 0 Å². The second-order valence-corrected chi connectivity index (χ2v) is 9.58. The Balaban J connectivity index is 2.06. The summed E-state index contributed by atoms with van der Waals surface area (Å²) in [5.74, 6) is -8.68. The zero-order valence-electron chi connectivity index (χ0n) is 23.0. The lowest BCUT2D eigenvalue weighted by molar-refractivity contribution is -0.175. The lowest BCUT2D eigenvalue weighted by Gasteiger charge is -2.31. The first-order chi connectivity index (χ1) is 19.1. The Morgan fingerprint density at radius 1 is 0.875 bits per heavy atom. The predicted molar refractivity (Wildman–Crippen MR) is 141 cm³/mol. The summed E-state index contributed by atoms with van der Waals surface area (Å²) in [5, 5.41) is 2.89. The van der Waals surface area contributed by atoms with Crippen LogP contribution in [0.3, 0.4) is 0 Å². The molecule has 2 aliphatic rings. The number of nitrogens with one attached hydrogen (secondary N) is 1. The highest BCUT2D eigenvalue weighted by molar-refractivity contribution is 6.17. The van der Waals surface area contributed by atoms with Crippen LogP contribution < -0.4 is 10.2 Å². The third kappa shape index (κ3) is 4.21. The van der Waals surface area contributed by atoms with Crippen LogP contribution in [0.4, 0.5) is 5.69 Å². The van der Waals surface area contributed by atoms with E-state index in [1.807, 2.05) is 30.3 Å². The van der Waals surface area contributed by atoms with E-state index in [1.54, 1.807) is 25.1 Å². The van der Waals surface area contributed by atoms with E-state index in [9.17, 15) is 24.0 Å². The molecule has 0 unspecified atom stereocenters. The van der Waals surface area contributed by atoms with Gasteiger partial charge in [0.05, 0.1) is 34.0 Å². The van der Waals surface area contributed by atoms with Gasteiger partial charge in [-0.25, -0.2) is 9.59 Å². The van der Waals surface area contributed by atoms with Crippen LogP contribution in [0.1, 0.15) is 30.5 Å². The lowest BCUT2D eigenvalue weighted by Crippen LogP contribution is -2.65. The molecule has 40 heavy (non-hydrogen) atoms. The Morgan fingerprint density at radius 3 is 2.00 bits per heavy atom. The van der Waals surface area contributed by atoms with Crippen molar-refractivity contribution >= 4 is 35.5 Å². The molecule has 11 nitrogen and oxygen atoms in total. The highest BCUT2D eigenvalue weighted by atomic mass is 16.6. The molecule has 3 atom stereocenters. The summed E-state index contributed by atoms with van der Waals surface area (Å²) in [5.41, 5.74) is -2.42. The van der Waals surface area contributed by atoms with Crippen molar-refractivity contribution in [1.82, 2.24) is 5.32 Å². The molecule has 2 heterocycles. The SMILES string of the molecule is CCOC(=O)C1(C(=O)OCC)N[C@@]2(C(=O)N(Cc3ccccc3)c3ccc(C)cc32)[C@H](C(=O)OC)[C@@H]1C(=O)OC. The Kier molecular flexibility index (Phi) is 7.97. The molecule has 0 saturated carbocycles. The molecule has 1 N–H and O–H groups in total. The molecule has 2 aliphatic heterocycles. The largest absolute Gasteiger partial charge is 0.469 e. The zero-order chi connectivity index (χ0) is 29.2. The number of ether oxygens (including phenoxy) is 4. The standard InChI is InChI=1S/C29H32N2O9/c1-6-39-26(35)29(27(36)40-7-2)22(24(33)38-5)21(23(32)37-4)28(30-29)19-15-17(3)13-14-20(19)31(25(28)34)16-18-11-9-8-10-12-18/h8-15,21-22,30H,6-7,16H2,1-5H3/t21-,22+,28+/m0/s1. The predicted octanol–water partition coefficient (Wildman–Crippen LogP) is 1.78. The molecule has 2 aromatic carbocycles. The molecular formula is C29H32N2O9. The molecular weight excluding hydrogens is 520 g/mol. The number of esters is 4. The van der Waals surface area contributed by atoms with Gasteiger partial charge in [-0.1, -0.05) is 48.0 Å². The molecule has 0 bridgehead atoms. The second kappa shape index (κ2) is 11.1. The van der Waals surface area contributed by atoms with E-state index >= 15 is 0 Å². The monoisotopic (exact) mass is 552 g/mol. The van der Waals surface area contributed by atoms with Crippen molar-refractivity contribution in [3.8, 4) is 0 Å². The number of amides is 1. The number of aryl methyl sites for hydroxylation is 1. The number of fused-ring (bicyclic) bond motifs is 2. The molecule has 0 aliphatic carbocycles. The normalized spacial score (nSPS) is 22.5. The quantitative estimate of drug-likeness (QED) is 0.293. The van der Waals surface area contributed by atoms with Gasteiger partial charge in [-0.2, -0.15) is 0 Å². The van der Waals surface area contributed by atoms with Crippen molar-refractivity contribution in [2.75, 3.05) is 32.3 Å². The maximum atomic E-state index is 14.6. The van der Waals surface area contributed by atoms with Crippen molar-refractivity contribution in [1.29, 1.82) is 0 Å². The minimum atomic E-state index is -2.60. The van der Waals surface area contributed by atoms with E-state index in [1.165, 1.54) is 18.7 Å². The molecule has 1 amide bonds. The van der Waals surface area contributed by atoms with Crippen LogP contribution in [0, 0.1) is 18.8 Å². The summed E-state index contributed by atoms with van der Waals surface area (Å²) < 4.78 is 20.7. The van der Waals surface area contributed by atoms with Gasteiger partial charge in [0.1, 0.15) is 17.4 Å². The van der Waals surface area contributed by atoms with E-state index in [0.717, 1.165) is 25.3 Å². The summed E-state index contributed by atoms with van der Waals surface area (Å²) in [4.78, 5) is 70.6. The van der Waals surface area contributed by atoms with E-state index in [-0.39, 0.29) is 19.8 Å². The van der Waals surface area contributed by atoms with Gasteiger partial charge in [0.2, 0.25) is 5.54 Å². The fraction of sp³-hybridized carbons (Fsp3) is 0.414. The van der Waals surface area contributed by atoms with E-state index in [0.29, 0.717) is 11.3 Å². The molecule has 4 rings (SSSR count). The number of methoxy groups -OCH3 is 2. The van der Waals surface area contributed by atoms with E-state index in [4.69, 9.17) is 18.9 Å². The number of rotatable bonds is 8. The molecule has 11 heteroatoms. The summed E-state index contributed by atoms with van der Waals surface area (Å²) in [6.07, 6.45) is 0. The van der Waals surface area contributed by atoms with Crippen LogP contribution in [0.2, 0.25) is 0 Å². The summed E-state index contributed by atoms with van der Waals surface area (Å²) in [6, 6.07) is 14.4. The van der Waals surface area contributed by atoms with Gasteiger partial charge in [0.15, 0.2) is 0 Å². The van der Waals surface area contributed by atoms with Gasteiger partial charge in [-0.05, 0) is 32.4 Å². The Bertz CT molecular complexity index is 1320. The van der Waals surface area contributed by atoms with Crippen LogP contribution in [-0.4, -0.2) is 62.8 Å². The number of nitrogens with zero attached hydrogens (tertiary/aromatic N) is 1. The number of carbonyl (C=O) groups excluding carboxylic acids is 5. The minimum Gasteiger partial charge on any atom is -0.469 e. The van der Waals surface area contributed by atoms with Gasteiger partial charge in [-0.15, -0.1) is 0 Å². The number of hydrogen-bond donors (Lipinski definition) is 1. The number of benzene rings is 2. The smallest absolute Gasteiger partial charge is 0.339 e. The van der Waals surface area contributed by atoms with E-state index in [2.05, 4.69) is 5.32 Å². The fourth-order valence-corrected chi connectivity index (χ4v) is 5.76. The van der Waals surface area contributed by atoms with Gasteiger partial charge in [0, 0.05) is 11.3 Å². The Morgan fingerprint density at radius 2 is 1.45 bits per heavy atom. The summed E-state index contributed by atoms with van der Waals surface area (Å²) in [7, 11) is 2.15. The fourth-order valence-electron chi connectivity index (χ4n) is 5.76. The van der Waals surface area contributed by atoms with Crippen molar-refractivity contribution in [2.24, 2.45) is 11.8 Å². The average Bonchev–Trinajstić information content (AvgIpc) is 3.40. The van der Waals surface area contributed by atoms with Gasteiger partial charge in [-0.3, -0.25) is 19.7 Å². The summed E-state index contributed by atoms with van der Waals surface area (Å²) in [6.45, 7) is 4.63. The van der Waals surface area contributed by atoms with Crippen molar-refractivity contribution < 1.29 is 42.9 Å². The van der Waals surface area contributed by atoms with Crippen molar-refractivity contribution in [2.45, 2.75) is 38.4 Å². The van der Waals surface area contributed by atoms with Crippen LogP contribution >= 0.6 is 0 Å². The first-order valence-corrected chi connectivity index (χ1v) is 12.9. The Labute approximate surface area is 231 Å². The molecule has 0 aromatic heterocycles. The van der Waals surface area contributed by atoms with Crippen LogP contribution in [-0.2, 0) is 55.0 Å². The lowest BCUT2D eigenvalue weighted by atomic mass is 9.72. The number of carbonyl (C=O) groups is 5. The topological polar surface area (TPSA) is 138 Å². The van der Waals surface area contributed by atoms with Gasteiger partial charge in [0.25, 0.3) is 5.91 Å². The number of anilines is 1.